The molecule has 16 nitrogen and oxygen atoms in total. The number of carbonyl (C=O) groups is 7. The second-order valence-electron chi connectivity index (χ2n) is 13.5. The first-order valence-corrected chi connectivity index (χ1v) is 19.7. The van der Waals surface area contributed by atoms with E-state index in [1.165, 1.54) is 83.0 Å². The van der Waals surface area contributed by atoms with Crippen LogP contribution in [0.3, 0.4) is 0 Å². The second-order valence-corrected chi connectivity index (χ2v) is 13.5. The minimum absolute atomic E-state index is 0. The van der Waals surface area contributed by atoms with Gasteiger partial charge in [0.05, 0.1) is 20.4 Å². The molecule has 8 N–H and O–H groups in total. The van der Waals surface area contributed by atoms with Gasteiger partial charge in [0.15, 0.2) is 0 Å². The standard InChI is InChI=1S/C21H39NO4.C12H23N4O3.C4H8NO.CH3B.CH2O2.Y/c1-2-3-4-5-6-7-8-9-10-11-12-13-14-17-20(24)22-19(21(25)26)16-15-18-23;1-14-9-11(18)15-6-4-3-5-10(13)12(19)16(2)7-8-17;1-4(2,5)3-6;1-2;2-1-3;/h18-19H,2-17H2,1H3,(H,22,24)(H,25,26);10,14H,3-7,9,13H2,1-2H3,(H,15,18);3,5H,1-2H3;1H3;1H,(H,2,3);/q;2*-1;;;. The van der Waals surface area contributed by atoms with Crippen LogP contribution in [-0.4, -0.2) is 123 Å². The van der Waals surface area contributed by atoms with Gasteiger partial charge >= 0.3 is 5.97 Å². The molecule has 2 unspecified atom stereocenters. The molecule has 3 radical (unpaired) electrons. The summed E-state index contributed by atoms with van der Waals surface area (Å²) >= 11 is 0. The third kappa shape index (κ3) is 57.8. The number of rotatable bonds is 30. The quantitative estimate of drug-likeness (QED) is 0.0255. The monoisotopic (exact) mass is 887 g/mol. The largest absolute Gasteiger partial charge is 0.666 e. The number of nitrogens with two attached hydrogens (primary N) is 1. The van der Waals surface area contributed by atoms with Crippen molar-refractivity contribution in [3.63, 3.8) is 0 Å². The van der Waals surface area contributed by atoms with Crippen molar-refractivity contribution in [3.05, 3.63) is 5.73 Å². The molecule has 0 aliphatic carbocycles. The van der Waals surface area contributed by atoms with Crippen molar-refractivity contribution in [1.29, 1.82) is 0 Å². The van der Waals surface area contributed by atoms with E-state index < -0.39 is 23.6 Å². The molecule has 57 heavy (non-hydrogen) atoms. The van der Waals surface area contributed by atoms with E-state index in [9.17, 15) is 33.6 Å². The summed E-state index contributed by atoms with van der Waals surface area (Å²) in [6.07, 6.45) is 21.9. The molecule has 0 saturated carbocycles. The molecule has 329 valence electrons. The average molecular weight is 888 g/mol. The summed E-state index contributed by atoms with van der Waals surface area (Å²) in [5, 5.41) is 23.9. The zero-order valence-corrected chi connectivity index (χ0v) is 38.6. The number of hydrogen-bond donors (Lipinski definition) is 6. The Morgan fingerprint density at radius 1 is 0.860 bits per heavy atom. The number of hydrogen-bond acceptors (Lipinski definition) is 10. The van der Waals surface area contributed by atoms with Crippen molar-refractivity contribution in [2.24, 2.45) is 5.73 Å². The van der Waals surface area contributed by atoms with Crippen LogP contribution in [0, 0.1) is 0 Å². The normalized spacial score (nSPS) is 10.8. The summed E-state index contributed by atoms with van der Waals surface area (Å²) in [5.74, 6) is -1.62. The molecule has 0 fully saturated rings. The Labute approximate surface area is 369 Å². The maximum absolute atomic E-state index is 11.8. The van der Waals surface area contributed by atoms with E-state index in [1.807, 2.05) is 0 Å². The number of likely N-dealkylation sites (N-methyl/N-ethyl adjacent to an activating group) is 2. The van der Waals surface area contributed by atoms with Gasteiger partial charge in [-0.1, -0.05) is 117 Å². The molecule has 0 aliphatic heterocycles. The SMILES string of the molecule is CC(C)([NH-])C=O.CCCCCCCCCCCCCCCC(=O)NC(CCC=O)C(=O)O.CNCC(=O)NCCCCC(N)C(=O)N(C)C[C-]=O.O=CO.[B]C.[Y]. The topological polar surface area (TPSA) is 266 Å². The number of nitrogens with zero attached hydrogens (tertiary/aromatic N) is 1. The van der Waals surface area contributed by atoms with Gasteiger partial charge in [-0.25, -0.2) is 11.1 Å². The van der Waals surface area contributed by atoms with Crippen molar-refractivity contribution in [2.45, 2.75) is 167 Å². The summed E-state index contributed by atoms with van der Waals surface area (Å²) < 4.78 is 0. The maximum Gasteiger partial charge on any atom is 0.326 e. The number of aliphatic carboxylic acids is 1. The van der Waals surface area contributed by atoms with Crippen molar-refractivity contribution in [1.82, 2.24) is 20.9 Å². The number of nitrogens with one attached hydrogen (secondary N) is 4. The van der Waals surface area contributed by atoms with Crippen LogP contribution in [0.2, 0.25) is 6.82 Å². The van der Waals surface area contributed by atoms with Crippen molar-refractivity contribution < 1.29 is 81.3 Å². The molecule has 0 aromatic carbocycles. The minimum Gasteiger partial charge on any atom is -0.666 e. The Balaban J connectivity index is -0.000000183. The van der Waals surface area contributed by atoms with Crippen molar-refractivity contribution in [3.8, 4) is 0 Å². The fourth-order valence-electron chi connectivity index (χ4n) is 4.58. The zero-order valence-electron chi connectivity index (χ0n) is 35.8. The Morgan fingerprint density at radius 2 is 1.32 bits per heavy atom. The van der Waals surface area contributed by atoms with Crippen LogP contribution in [0.1, 0.15) is 143 Å². The molecule has 0 aromatic heterocycles. The predicted molar refractivity (Wildman–Crippen MR) is 222 cm³/mol. The molecule has 0 spiro atoms. The zero-order chi connectivity index (χ0) is 44.0. The number of amides is 3. The third-order valence-corrected chi connectivity index (χ3v) is 7.61. The van der Waals surface area contributed by atoms with Crippen LogP contribution in [0.5, 0.6) is 0 Å². The average Bonchev–Trinajstić information content (AvgIpc) is 3.16. The molecule has 0 aliphatic rings. The molecule has 0 bridgehead atoms. The van der Waals surface area contributed by atoms with E-state index in [1.54, 1.807) is 27.2 Å². The van der Waals surface area contributed by atoms with E-state index in [0.717, 1.165) is 32.1 Å². The maximum atomic E-state index is 11.8. The first kappa shape index (κ1) is 66.2. The number of aldehydes is 2. The van der Waals surface area contributed by atoms with Gasteiger partial charge in [-0.15, -0.1) is 0 Å². The number of unbranched alkanes of at least 4 members (excludes halogenated alkanes) is 13. The van der Waals surface area contributed by atoms with Gasteiger partial charge in [0, 0.05) is 59.1 Å². The smallest absolute Gasteiger partial charge is 0.326 e. The third-order valence-electron chi connectivity index (χ3n) is 7.61. The summed E-state index contributed by atoms with van der Waals surface area (Å²) in [4.78, 5) is 85.2. The minimum atomic E-state index is -1.08. The van der Waals surface area contributed by atoms with Crippen molar-refractivity contribution >= 4 is 56.9 Å². The number of carboxylic acids is 1. The Morgan fingerprint density at radius 3 is 1.70 bits per heavy atom. The Bertz CT molecular complexity index is 994. The first-order chi connectivity index (χ1) is 26.6. The molecular formula is C39H75BN6O10Y-2. The molecule has 0 rings (SSSR count). The van der Waals surface area contributed by atoms with E-state index in [-0.39, 0.29) is 76.3 Å². The van der Waals surface area contributed by atoms with E-state index >= 15 is 0 Å². The van der Waals surface area contributed by atoms with Gasteiger partial charge in [0.2, 0.25) is 17.7 Å². The van der Waals surface area contributed by atoms with Gasteiger partial charge in [0.1, 0.15) is 18.6 Å². The van der Waals surface area contributed by atoms with Gasteiger partial charge < -0.3 is 56.9 Å². The number of carboxylic acid groups (broad SMARTS) is 2. The summed E-state index contributed by atoms with van der Waals surface area (Å²) in [6.45, 7) is 7.38. The van der Waals surface area contributed by atoms with E-state index in [0.29, 0.717) is 38.5 Å². The first-order valence-electron chi connectivity index (χ1n) is 19.7. The van der Waals surface area contributed by atoms with Gasteiger partial charge in [-0.2, -0.15) is 0 Å². The van der Waals surface area contributed by atoms with E-state index in [4.69, 9.17) is 26.5 Å². The van der Waals surface area contributed by atoms with E-state index in [2.05, 4.69) is 30.7 Å². The Kier molecular flexibility index (Phi) is 59.8. The second kappa shape index (κ2) is 51.4. The summed E-state index contributed by atoms with van der Waals surface area (Å²) in [5.41, 5.74) is 11.6. The molecule has 0 aromatic rings. The van der Waals surface area contributed by atoms with Crippen LogP contribution >= 0.6 is 0 Å². The predicted octanol–water partition coefficient (Wildman–Crippen LogP) is 4.32. The van der Waals surface area contributed by atoms with Crippen LogP contribution in [0.4, 0.5) is 0 Å². The molecule has 18 heteroatoms. The van der Waals surface area contributed by atoms with Gasteiger partial charge in [-0.3, -0.25) is 19.2 Å². The van der Waals surface area contributed by atoms with Crippen LogP contribution < -0.4 is 21.7 Å². The van der Waals surface area contributed by atoms with Crippen LogP contribution in [0.25, 0.3) is 5.73 Å². The molecule has 0 saturated heterocycles. The van der Waals surface area contributed by atoms with Gasteiger partial charge in [-0.05, 0) is 39.2 Å². The number of carbonyl (C=O) groups excluding carboxylic acids is 6. The molecule has 2 atom stereocenters. The molecular weight excluding hydrogens is 812 g/mol. The van der Waals surface area contributed by atoms with Gasteiger partial charge in [0.25, 0.3) is 6.47 Å². The van der Waals surface area contributed by atoms with Crippen LogP contribution in [0.15, 0.2) is 0 Å². The summed E-state index contributed by atoms with van der Waals surface area (Å²) in [7, 11) is 7.72. The Hall–Kier alpha value is -2.59. The summed E-state index contributed by atoms with van der Waals surface area (Å²) in [6, 6.07) is -1.55. The molecule has 3 amide bonds. The van der Waals surface area contributed by atoms with Crippen LogP contribution in [-0.2, 0) is 71.1 Å². The van der Waals surface area contributed by atoms with Crippen molar-refractivity contribution in [2.75, 3.05) is 33.7 Å². The fourth-order valence-corrected chi connectivity index (χ4v) is 4.58. The molecule has 0 heterocycles. The fraction of sp³-hybridized carbons (Fsp3) is 0.795.